The molecule has 4 N–H and O–H groups in total. The van der Waals surface area contributed by atoms with Gasteiger partial charge in [0.05, 0.1) is 0 Å². The number of aliphatic imine (C=N–C) groups is 2. The van der Waals surface area contributed by atoms with Gasteiger partial charge in [0, 0.05) is 11.4 Å². The molecule has 2 aromatic rings. The van der Waals surface area contributed by atoms with Crippen molar-refractivity contribution in [2.75, 3.05) is 12.8 Å². The van der Waals surface area contributed by atoms with E-state index in [9.17, 15) is 0 Å². The van der Waals surface area contributed by atoms with E-state index >= 15 is 0 Å². The summed E-state index contributed by atoms with van der Waals surface area (Å²) in [6, 6.07) is 18.6. The monoisotopic (exact) mass is 339 g/mol. The Kier molecular flexibility index (Phi) is 5.05. The zero-order chi connectivity index (χ0) is 16.9. The third kappa shape index (κ3) is 3.71. The van der Waals surface area contributed by atoms with Crippen molar-refractivity contribution in [2.24, 2.45) is 21.5 Å². The predicted molar refractivity (Wildman–Crippen MR) is 101 cm³/mol. The average molecular weight is 339 g/mol. The highest BCUT2D eigenvalue weighted by atomic mass is 32.2. The van der Waals surface area contributed by atoms with Gasteiger partial charge in [0.1, 0.15) is 0 Å². The zero-order valence-electron chi connectivity index (χ0n) is 13.6. The summed E-state index contributed by atoms with van der Waals surface area (Å²) in [6.45, 7) is 0.727. The van der Waals surface area contributed by atoms with E-state index in [0.717, 1.165) is 18.5 Å². The van der Waals surface area contributed by atoms with E-state index in [-0.39, 0.29) is 12.1 Å². The van der Waals surface area contributed by atoms with Crippen LogP contribution in [0.2, 0.25) is 0 Å². The molecule has 0 fully saturated rings. The molecular weight excluding hydrogens is 318 g/mol. The Bertz CT molecular complexity index is 740. The Labute approximate surface area is 146 Å². The van der Waals surface area contributed by atoms with E-state index in [0.29, 0.717) is 5.96 Å². The predicted octanol–water partition coefficient (Wildman–Crippen LogP) is 2.59. The van der Waals surface area contributed by atoms with Crippen LogP contribution in [0.5, 0.6) is 0 Å². The van der Waals surface area contributed by atoms with Gasteiger partial charge in [0.25, 0.3) is 0 Å². The fourth-order valence-electron chi connectivity index (χ4n) is 2.69. The topological polar surface area (TPSA) is 80.0 Å². The normalized spacial score (nSPS) is 17.4. The van der Waals surface area contributed by atoms with Gasteiger partial charge in [-0.1, -0.05) is 42.5 Å². The van der Waals surface area contributed by atoms with Crippen molar-refractivity contribution in [1.82, 2.24) is 4.90 Å². The lowest BCUT2D eigenvalue weighted by molar-refractivity contribution is 0.319. The fourth-order valence-corrected chi connectivity index (χ4v) is 3.10. The van der Waals surface area contributed by atoms with E-state index in [2.05, 4.69) is 52.6 Å². The van der Waals surface area contributed by atoms with Crippen molar-refractivity contribution >= 4 is 23.7 Å². The summed E-state index contributed by atoms with van der Waals surface area (Å²) in [5.41, 5.74) is 14.3. The molecule has 0 radical (unpaired) electrons. The Morgan fingerprint density at radius 3 is 2.42 bits per heavy atom. The van der Waals surface area contributed by atoms with Gasteiger partial charge in [-0.15, -0.1) is 11.8 Å². The molecule has 1 aliphatic heterocycles. The number of rotatable bonds is 5. The number of nitrogens with zero attached hydrogens (tertiary/aromatic N) is 3. The van der Waals surface area contributed by atoms with Gasteiger partial charge in [0.15, 0.2) is 6.17 Å². The Balaban J connectivity index is 1.82. The maximum absolute atomic E-state index is 6.13. The molecule has 124 valence electrons. The molecule has 1 unspecified atom stereocenters. The molecular formula is C18H21N5S. The first kappa shape index (κ1) is 16.4. The molecule has 6 heteroatoms. The Hall–Kier alpha value is -2.47. The van der Waals surface area contributed by atoms with Crippen LogP contribution in [0.1, 0.15) is 17.3 Å². The van der Waals surface area contributed by atoms with Gasteiger partial charge in [-0.3, -0.25) is 0 Å². The molecule has 1 atom stereocenters. The lowest BCUT2D eigenvalue weighted by Gasteiger charge is -2.32. The number of thioether (sulfide) groups is 1. The molecule has 0 saturated carbocycles. The van der Waals surface area contributed by atoms with E-state index < -0.39 is 0 Å². The van der Waals surface area contributed by atoms with Crippen LogP contribution in [0.15, 0.2) is 69.5 Å². The van der Waals surface area contributed by atoms with Crippen LogP contribution in [0.4, 0.5) is 0 Å². The number of hydrogen-bond donors (Lipinski definition) is 2. The van der Waals surface area contributed by atoms with E-state index in [1.54, 1.807) is 11.8 Å². The second-order valence-electron chi connectivity index (χ2n) is 5.53. The van der Waals surface area contributed by atoms with Crippen molar-refractivity contribution in [3.8, 4) is 0 Å². The first-order chi connectivity index (χ1) is 11.7. The van der Waals surface area contributed by atoms with Crippen molar-refractivity contribution in [1.29, 1.82) is 0 Å². The summed E-state index contributed by atoms with van der Waals surface area (Å²) < 4.78 is 0. The molecule has 0 bridgehead atoms. The Morgan fingerprint density at radius 2 is 1.75 bits per heavy atom. The minimum absolute atomic E-state index is 0.224. The number of benzene rings is 2. The lowest BCUT2D eigenvalue weighted by Crippen LogP contribution is -2.45. The van der Waals surface area contributed by atoms with Gasteiger partial charge in [-0.2, -0.15) is 4.99 Å². The largest absolute Gasteiger partial charge is 0.369 e. The molecule has 1 aliphatic rings. The molecule has 2 aromatic carbocycles. The van der Waals surface area contributed by atoms with Crippen molar-refractivity contribution in [3.05, 3.63) is 65.7 Å². The summed E-state index contributed by atoms with van der Waals surface area (Å²) in [6.07, 6.45) is 2.69. The maximum Gasteiger partial charge on any atom is 0.220 e. The third-order valence-corrected chi connectivity index (χ3v) is 4.71. The van der Waals surface area contributed by atoms with E-state index in [1.165, 1.54) is 10.5 Å². The Morgan fingerprint density at radius 1 is 1.04 bits per heavy atom. The number of nitrogens with two attached hydrogens (primary N) is 2. The summed E-state index contributed by atoms with van der Waals surface area (Å²) >= 11 is 1.71. The highest BCUT2D eigenvalue weighted by Crippen LogP contribution is 2.27. The molecule has 0 aromatic heterocycles. The van der Waals surface area contributed by atoms with Crippen LogP contribution in [0.25, 0.3) is 0 Å². The van der Waals surface area contributed by atoms with Crippen LogP contribution in [0.3, 0.4) is 0 Å². The summed E-state index contributed by atoms with van der Waals surface area (Å²) in [7, 11) is 0. The lowest BCUT2D eigenvalue weighted by atomic mass is 10.1. The first-order valence-corrected chi connectivity index (χ1v) is 9.02. The van der Waals surface area contributed by atoms with E-state index in [4.69, 9.17) is 11.5 Å². The highest BCUT2D eigenvalue weighted by Gasteiger charge is 2.25. The minimum Gasteiger partial charge on any atom is -0.369 e. The summed E-state index contributed by atoms with van der Waals surface area (Å²) in [5, 5.41) is 0. The first-order valence-electron chi connectivity index (χ1n) is 7.79. The van der Waals surface area contributed by atoms with Crippen LogP contribution >= 0.6 is 11.8 Å². The summed E-state index contributed by atoms with van der Waals surface area (Å²) in [4.78, 5) is 11.8. The fraction of sp³-hybridized carbons (Fsp3) is 0.222. The van der Waals surface area contributed by atoms with Crippen molar-refractivity contribution in [3.63, 3.8) is 0 Å². The van der Waals surface area contributed by atoms with Crippen LogP contribution in [-0.4, -0.2) is 29.6 Å². The number of guanidine groups is 2. The highest BCUT2D eigenvalue weighted by molar-refractivity contribution is 7.98. The second kappa shape index (κ2) is 7.40. The molecule has 0 saturated heterocycles. The smallest absolute Gasteiger partial charge is 0.220 e. The molecule has 1 heterocycles. The van der Waals surface area contributed by atoms with E-state index in [1.807, 2.05) is 23.1 Å². The average Bonchev–Trinajstić information content (AvgIpc) is 2.61. The number of hydrogen-bond acceptors (Lipinski definition) is 6. The molecule has 5 nitrogen and oxygen atoms in total. The van der Waals surface area contributed by atoms with Crippen molar-refractivity contribution in [2.45, 2.75) is 17.5 Å². The zero-order valence-corrected chi connectivity index (χ0v) is 14.4. The van der Waals surface area contributed by atoms with Crippen LogP contribution < -0.4 is 11.5 Å². The van der Waals surface area contributed by atoms with Crippen molar-refractivity contribution < 1.29 is 0 Å². The van der Waals surface area contributed by atoms with Crippen LogP contribution in [-0.2, 0) is 6.42 Å². The minimum atomic E-state index is -0.234. The van der Waals surface area contributed by atoms with Gasteiger partial charge >= 0.3 is 0 Å². The molecule has 0 spiro atoms. The maximum atomic E-state index is 6.13. The SMILES string of the molecule is CSc1ccc(C2N=C(N)N=C(N)N2CCc2ccccc2)cc1. The second-order valence-corrected chi connectivity index (χ2v) is 6.41. The van der Waals surface area contributed by atoms with Crippen LogP contribution in [0, 0.1) is 0 Å². The van der Waals surface area contributed by atoms with Gasteiger partial charge in [0.2, 0.25) is 11.9 Å². The van der Waals surface area contributed by atoms with Gasteiger partial charge < -0.3 is 16.4 Å². The third-order valence-electron chi connectivity index (χ3n) is 3.97. The molecule has 0 amide bonds. The van der Waals surface area contributed by atoms with Gasteiger partial charge in [-0.25, -0.2) is 4.99 Å². The van der Waals surface area contributed by atoms with Gasteiger partial charge in [-0.05, 0) is 35.9 Å². The standard InChI is InChI=1S/C18H21N5S/c1-24-15-9-7-14(8-10-15)16-21-17(19)22-18(20)23(16)12-11-13-5-3-2-4-6-13/h2-10,16H,11-12H2,1H3,(H4,19,20,21,22). The quantitative estimate of drug-likeness (QED) is 0.821. The molecule has 3 rings (SSSR count). The molecule has 24 heavy (non-hydrogen) atoms. The summed E-state index contributed by atoms with van der Waals surface area (Å²) in [5.74, 6) is 0.639. The molecule has 0 aliphatic carbocycles.